The van der Waals surface area contributed by atoms with Gasteiger partial charge < -0.3 is 5.32 Å². The van der Waals surface area contributed by atoms with Crippen LogP contribution in [0.15, 0.2) is 12.1 Å². The Hall–Kier alpha value is -1.82. The van der Waals surface area contributed by atoms with Crippen molar-refractivity contribution in [3.8, 4) is 6.07 Å². The molecule has 0 aliphatic carbocycles. The zero-order valence-electron chi connectivity index (χ0n) is 11.5. The van der Waals surface area contributed by atoms with Crippen LogP contribution in [0.5, 0.6) is 0 Å². The number of rotatable bonds is 4. The van der Waals surface area contributed by atoms with Gasteiger partial charge in [-0.15, -0.1) is 0 Å². The summed E-state index contributed by atoms with van der Waals surface area (Å²) in [6.07, 6.45) is 1.12. The van der Waals surface area contributed by atoms with Crippen molar-refractivity contribution in [1.82, 2.24) is 5.32 Å². The number of carbonyl (C=O) groups is 1. The van der Waals surface area contributed by atoms with E-state index in [2.05, 4.69) is 11.4 Å². The van der Waals surface area contributed by atoms with E-state index in [1.165, 1.54) is 0 Å². The van der Waals surface area contributed by atoms with E-state index in [1.807, 2.05) is 39.8 Å². The van der Waals surface area contributed by atoms with Gasteiger partial charge in [0.1, 0.15) is 0 Å². The second kappa shape index (κ2) is 6.20. The fraction of sp³-hybridized carbons (Fsp3) is 0.467. The van der Waals surface area contributed by atoms with E-state index in [9.17, 15) is 4.79 Å². The van der Waals surface area contributed by atoms with Crippen LogP contribution in [-0.4, -0.2) is 11.9 Å². The molecule has 0 fully saturated rings. The molecule has 96 valence electrons. The fourth-order valence-corrected chi connectivity index (χ4v) is 2.20. The predicted molar refractivity (Wildman–Crippen MR) is 72.4 cm³/mol. The van der Waals surface area contributed by atoms with Gasteiger partial charge in [-0.1, -0.05) is 24.6 Å². The van der Waals surface area contributed by atoms with E-state index in [-0.39, 0.29) is 11.9 Å². The van der Waals surface area contributed by atoms with E-state index >= 15 is 0 Å². The Bertz CT molecular complexity index is 463. The van der Waals surface area contributed by atoms with Gasteiger partial charge in [-0.2, -0.15) is 5.26 Å². The Balaban J connectivity index is 2.95. The third-order valence-corrected chi connectivity index (χ3v) is 3.07. The molecule has 3 heteroatoms. The Morgan fingerprint density at radius 2 is 1.89 bits per heavy atom. The van der Waals surface area contributed by atoms with Crippen LogP contribution < -0.4 is 5.32 Å². The number of amides is 1. The average molecular weight is 244 g/mol. The smallest absolute Gasteiger partial charge is 0.252 e. The minimum absolute atomic E-state index is 0.0670. The number of nitriles is 1. The first-order valence-corrected chi connectivity index (χ1v) is 6.25. The summed E-state index contributed by atoms with van der Waals surface area (Å²) in [5.74, 6) is -0.0768. The van der Waals surface area contributed by atoms with Gasteiger partial charge in [-0.25, -0.2) is 0 Å². The highest BCUT2D eigenvalue weighted by Crippen LogP contribution is 2.16. The molecular weight excluding hydrogens is 224 g/mol. The molecule has 1 atom stereocenters. The van der Waals surface area contributed by atoms with Gasteiger partial charge in [-0.05, 0) is 38.3 Å². The normalized spacial score (nSPS) is 11.7. The summed E-state index contributed by atoms with van der Waals surface area (Å²) in [5, 5.41) is 11.6. The highest BCUT2D eigenvalue weighted by Gasteiger charge is 2.16. The number of hydrogen-bond acceptors (Lipinski definition) is 2. The van der Waals surface area contributed by atoms with Crippen molar-refractivity contribution in [2.75, 3.05) is 0 Å². The van der Waals surface area contributed by atoms with Crippen molar-refractivity contribution < 1.29 is 4.79 Å². The zero-order valence-corrected chi connectivity index (χ0v) is 11.5. The molecule has 0 bridgehead atoms. The Morgan fingerprint density at radius 1 is 1.33 bits per heavy atom. The average Bonchev–Trinajstić information content (AvgIpc) is 2.26. The van der Waals surface area contributed by atoms with Gasteiger partial charge in [0.2, 0.25) is 0 Å². The molecule has 18 heavy (non-hydrogen) atoms. The van der Waals surface area contributed by atoms with Crippen molar-refractivity contribution in [3.05, 3.63) is 34.4 Å². The number of hydrogen-bond donors (Lipinski definition) is 1. The van der Waals surface area contributed by atoms with E-state index < -0.39 is 0 Å². The number of aryl methyl sites for hydroxylation is 3. The lowest BCUT2D eigenvalue weighted by Crippen LogP contribution is -2.34. The van der Waals surface area contributed by atoms with Gasteiger partial charge >= 0.3 is 0 Å². The van der Waals surface area contributed by atoms with Crippen molar-refractivity contribution in [2.24, 2.45) is 0 Å². The van der Waals surface area contributed by atoms with Gasteiger partial charge in [-0.3, -0.25) is 4.79 Å². The van der Waals surface area contributed by atoms with Crippen LogP contribution in [0, 0.1) is 32.1 Å². The first kappa shape index (κ1) is 14.2. The summed E-state index contributed by atoms with van der Waals surface area (Å²) in [4.78, 5) is 12.2. The molecule has 1 amide bonds. The first-order chi connectivity index (χ1) is 8.49. The molecule has 1 aromatic rings. The Kier molecular flexibility index (Phi) is 4.91. The maximum atomic E-state index is 12.2. The minimum Gasteiger partial charge on any atom is -0.348 e. The Labute approximate surface area is 109 Å². The predicted octanol–water partition coefficient (Wildman–Crippen LogP) is 3.03. The van der Waals surface area contributed by atoms with Crippen LogP contribution in [-0.2, 0) is 0 Å². The van der Waals surface area contributed by atoms with Gasteiger partial charge in [0, 0.05) is 11.6 Å². The molecule has 0 radical (unpaired) electrons. The lowest BCUT2D eigenvalue weighted by molar-refractivity contribution is 0.0935. The maximum absolute atomic E-state index is 12.2. The molecule has 0 aliphatic heterocycles. The van der Waals surface area contributed by atoms with Crippen LogP contribution in [0.25, 0.3) is 0 Å². The number of benzene rings is 1. The largest absolute Gasteiger partial charge is 0.348 e. The summed E-state index contributed by atoms with van der Waals surface area (Å²) in [7, 11) is 0. The van der Waals surface area contributed by atoms with E-state index in [1.54, 1.807) is 0 Å². The molecule has 1 unspecified atom stereocenters. The van der Waals surface area contributed by atoms with Crippen molar-refractivity contribution in [1.29, 1.82) is 5.26 Å². The van der Waals surface area contributed by atoms with Crippen molar-refractivity contribution in [3.63, 3.8) is 0 Å². The standard InChI is InChI=1S/C15H20N2O/c1-5-13(6-7-16)17-15(18)14-11(3)8-10(2)9-12(14)4/h8-9,13H,5-6H2,1-4H3,(H,17,18). The second-order valence-electron chi connectivity index (χ2n) is 4.71. The van der Waals surface area contributed by atoms with Gasteiger partial charge in [0.25, 0.3) is 5.91 Å². The van der Waals surface area contributed by atoms with Crippen LogP contribution in [0.2, 0.25) is 0 Å². The molecule has 0 heterocycles. The zero-order chi connectivity index (χ0) is 13.7. The monoisotopic (exact) mass is 244 g/mol. The maximum Gasteiger partial charge on any atom is 0.252 e. The third kappa shape index (κ3) is 3.33. The molecule has 0 aliphatic rings. The number of nitrogens with one attached hydrogen (secondary N) is 1. The molecule has 0 spiro atoms. The summed E-state index contributed by atoms with van der Waals surface area (Å²) in [6.45, 7) is 7.88. The molecule has 1 aromatic carbocycles. The molecule has 1 rings (SSSR count). The minimum atomic E-state index is -0.0768. The topological polar surface area (TPSA) is 52.9 Å². The molecule has 1 N–H and O–H groups in total. The lowest BCUT2D eigenvalue weighted by atomic mass is 9.98. The van der Waals surface area contributed by atoms with Gasteiger partial charge in [0.05, 0.1) is 12.5 Å². The summed E-state index contributed by atoms with van der Waals surface area (Å²) in [5.41, 5.74) is 3.86. The van der Waals surface area contributed by atoms with Gasteiger partial charge in [0.15, 0.2) is 0 Å². The number of nitrogens with zero attached hydrogens (tertiary/aromatic N) is 1. The van der Waals surface area contributed by atoms with Crippen LogP contribution >= 0.6 is 0 Å². The van der Waals surface area contributed by atoms with E-state index in [0.29, 0.717) is 6.42 Å². The second-order valence-corrected chi connectivity index (χ2v) is 4.71. The molecule has 0 saturated carbocycles. The van der Waals surface area contributed by atoms with Crippen LogP contribution in [0.3, 0.4) is 0 Å². The van der Waals surface area contributed by atoms with Crippen LogP contribution in [0.1, 0.15) is 46.8 Å². The lowest BCUT2D eigenvalue weighted by Gasteiger charge is -2.16. The first-order valence-electron chi connectivity index (χ1n) is 6.25. The SMILES string of the molecule is CCC(CC#N)NC(=O)c1c(C)cc(C)cc1C. The van der Waals surface area contributed by atoms with E-state index in [4.69, 9.17) is 5.26 Å². The number of carbonyl (C=O) groups excluding carboxylic acids is 1. The molecule has 0 aromatic heterocycles. The third-order valence-electron chi connectivity index (χ3n) is 3.07. The highest BCUT2D eigenvalue weighted by atomic mass is 16.1. The summed E-state index contributed by atoms with van der Waals surface area (Å²) < 4.78 is 0. The van der Waals surface area contributed by atoms with Crippen LogP contribution in [0.4, 0.5) is 0 Å². The summed E-state index contributed by atoms with van der Waals surface area (Å²) in [6, 6.07) is 6.05. The quantitative estimate of drug-likeness (QED) is 0.885. The highest BCUT2D eigenvalue weighted by molar-refractivity contribution is 5.97. The summed E-state index contributed by atoms with van der Waals surface area (Å²) >= 11 is 0. The van der Waals surface area contributed by atoms with Crippen molar-refractivity contribution in [2.45, 2.75) is 46.6 Å². The molecule has 0 saturated heterocycles. The van der Waals surface area contributed by atoms with E-state index in [0.717, 1.165) is 28.7 Å². The molecule has 3 nitrogen and oxygen atoms in total. The Morgan fingerprint density at radius 3 is 2.33 bits per heavy atom. The molecular formula is C15H20N2O. The fourth-order valence-electron chi connectivity index (χ4n) is 2.20. The van der Waals surface area contributed by atoms with Crippen molar-refractivity contribution >= 4 is 5.91 Å².